The SMILES string of the molecule is CC(C)(C)OC(=O)NC1CCN(C(=O)n2ccnc2)C1.C[n+]1ccn(C(=O)N2CCC(NC(=O)OC(C)(C)C)C2)c1.[B].[I-]. The third kappa shape index (κ3) is 12.4. The molecule has 0 spiro atoms. The molecule has 3 radical (unpaired) electrons. The minimum absolute atomic E-state index is 0. The highest BCUT2D eigenvalue weighted by Crippen LogP contribution is 2.14. The lowest BCUT2D eigenvalue weighted by atomic mass is 10.2. The van der Waals surface area contributed by atoms with Gasteiger partial charge in [0.2, 0.25) is 0 Å². The summed E-state index contributed by atoms with van der Waals surface area (Å²) >= 11 is 0. The fraction of sp³-hybridized carbons (Fsp3) is 0.630. The van der Waals surface area contributed by atoms with Crippen LogP contribution in [0.4, 0.5) is 19.2 Å². The summed E-state index contributed by atoms with van der Waals surface area (Å²) in [6.45, 7) is 13.1. The molecule has 0 bridgehead atoms. The minimum atomic E-state index is -0.519. The molecule has 2 aromatic heterocycles. The molecule has 4 rings (SSSR count). The smallest absolute Gasteiger partial charge is 0.415 e. The molecule has 2 saturated heterocycles. The van der Waals surface area contributed by atoms with Gasteiger partial charge in [0.05, 0.1) is 19.1 Å². The van der Waals surface area contributed by atoms with E-state index in [1.54, 1.807) is 34.7 Å². The summed E-state index contributed by atoms with van der Waals surface area (Å²) in [5.41, 5.74) is -1.03. The molecule has 2 aliphatic rings. The highest BCUT2D eigenvalue weighted by atomic mass is 127. The van der Waals surface area contributed by atoms with Crippen LogP contribution in [0.25, 0.3) is 0 Å². The number of rotatable bonds is 2. The van der Waals surface area contributed by atoms with Gasteiger partial charge in [-0.15, -0.1) is 0 Å². The Morgan fingerprint density at radius 1 is 0.814 bits per heavy atom. The number of aromatic nitrogens is 4. The Morgan fingerprint density at radius 3 is 1.65 bits per heavy atom. The molecule has 16 heteroatoms. The van der Waals surface area contributed by atoms with Crippen molar-refractivity contribution < 1.29 is 57.2 Å². The van der Waals surface area contributed by atoms with Crippen molar-refractivity contribution in [2.45, 2.75) is 77.7 Å². The number of aryl methyl sites for hydroxylation is 1. The summed E-state index contributed by atoms with van der Waals surface area (Å²) in [7, 11) is 1.86. The molecule has 0 aromatic carbocycles. The maximum Gasteiger partial charge on any atom is 0.415 e. The Labute approximate surface area is 272 Å². The number of hydrogen-bond acceptors (Lipinski definition) is 7. The zero-order valence-electron chi connectivity index (χ0n) is 25.9. The molecule has 2 unspecified atom stereocenters. The van der Waals surface area contributed by atoms with E-state index in [9.17, 15) is 19.2 Å². The number of carbonyl (C=O) groups excluding carboxylic acids is 4. The fourth-order valence-corrected chi connectivity index (χ4v) is 4.31. The number of likely N-dealkylation sites (tertiary alicyclic amines) is 2. The second-order valence-electron chi connectivity index (χ2n) is 12.2. The molecule has 2 aromatic rings. The molecule has 237 valence electrons. The van der Waals surface area contributed by atoms with Gasteiger partial charge in [0.1, 0.15) is 29.9 Å². The number of carbonyl (C=O) groups is 4. The lowest BCUT2D eigenvalue weighted by Gasteiger charge is -2.22. The number of halogens is 1. The number of hydrogen-bond donors (Lipinski definition) is 2. The predicted octanol–water partition coefficient (Wildman–Crippen LogP) is -1.05. The van der Waals surface area contributed by atoms with Gasteiger partial charge in [0.15, 0.2) is 0 Å². The number of imidazole rings is 2. The summed E-state index contributed by atoms with van der Waals surface area (Å²) < 4.78 is 15.2. The van der Waals surface area contributed by atoms with Crippen molar-refractivity contribution in [1.29, 1.82) is 0 Å². The van der Waals surface area contributed by atoms with Gasteiger partial charge >= 0.3 is 24.2 Å². The normalized spacial score (nSPS) is 17.9. The minimum Gasteiger partial charge on any atom is -1.00 e. The van der Waals surface area contributed by atoms with Crippen LogP contribution in [0.15, 0.2) is 37.4 Å². The van der Waals surface area contributed by atoms with Crippen molar-refractivity contribution in [2.75, 3.05) is 26.2 Å². The third-order valence-corrected chi connectivity index (χ3v) is 6.07. The summed E-state index contributed by atoms with van der Waals surface area (Å²) in [6.07, 6.45) is 10.5. The van der Waals surface area contributed by atoms with Crippen LogP contribution < -0.4 is 39.2 Å². The van der Waals surface area contributed by atoms with Gasteiger partial charge < -0.3 is 53.9 Å². The Bertz CT molecular complexity index is 1210. The quantitative estimate of drug-likeness (QED) is 0.230. The van der Waals surface area contributed by atoms with Gasteiger partial charge in [0.25, 0.3) is 6.33 Å². The van der Waals surface area contributed by atoms with Gasteiger partial charge in [-0.3, -0.25) is 4.57 Å². The Balaban J connectivity index is 0.000000411. The molecule has 0 aliphatic carbocycles. The van der Waals surface area contributed by atoms with Crippen LogP contribution in [0.5, 0.6) is 0 Å². The molecule has 2 aliphatic heterocycles. The fourth-order valence-electron chi connectivity index (χ4n) is 4.31. The molecule has 2 N–H and O–H groups in total. The second-order valence-corrected chi connectivity index (χ2v) is 12.2. The Hall–Kier alpha value is -3.31. The number of ether oxygens (including phenoxy) is 2. The molecule has 0 saturated carbocycles. The van der Waals surface area contributed by atoms with Crippen LogP contribution in [-0.2, 0) is 16.5 Å². The van der Waals surface area contributed by atoms with E-state index in [2.05, 4.69) is 15.6 Å². The summed E-state index contributed by atoms with van der Waals surface area (Å²) in [4.78, 5) is 55.0. The first-order valence-corrected chi connectivity index (χ1v) is 13.7. The van der Waals surface area contributed by atoms with E-state index in [0.29, 0.717) is 26.2 Å². The van der Waals surface area contributed by atoms with Gasteiger partial charge in [0, 0.05) is 47.0 Å². The van der Waals surface area contributed by atoms with Crippen molar-refractivity contribution in [1.82, 2.24) is 34.6 Å². The molecule has 14 nitrogen and oxygen atoms in total. The van der Waals surface area contributed by atoms with Crippen molar-refractivity contribution in [3.8, 4) is 0 Å². The number of amides is 4. The van der Waals surface area contributed by atoms with Crippen LogP contribution in [-0.4, -0.2) is 106 Å². The number of nitrogens with one attached hydrogen (secondary N) is 2. The average molecular weight is 713 g/mol. The molecule has 2 atom stereocenters. The van der Waals surface area contributed by atoms with Crippen molar-refractivity contribution in [2.24, 2.45) is 7.05 Å². The second kappa shape index (κ2) is 16.0. The van der Waals surface area contributed by atoms with Crippen LogP contribution in [0.1, 0.15) is 54.4 Å². The first kappa shape index (κ1) is 37.7. The maximum absolute atomic E-state index is 12.3. The third-order valence-electron chi connectivity index (χ3n) is 6.07. The van der Waals surface area contributed by atoms with Crippen LogP contribution in [0, 0.1) is 0 Å². The highest BCUT2D eigenvalue weighted by Gasteiger charge is 2.32. The van der Waals surface area contributed by atoms with Crippen LogP contribution >= 0.6 is 0 Å². The molecular formula is C27H43BIN8O6. The topological polar surface area (TPSA) is 144 Å². The lowest BCUT2D eigenvalue weighted by Crippen LogP contribution is -3.00. The molecular weight excluding hydrogens is 670 g/mol. The van der Waals surface area contributed by atoms with Crippen molar-refractivity contribution in [3.05, 3.63) is 37.4 Å². The maximum atomic E-state index is 12.3. The monoisotopic (exact) mass is 713 g/mol. The van der Waals surface area contributed by atoms with E-state index in [4.69, 9.17) is 9.47 Å². The molecule has 2 fully saturated rings. The van der Waals surface area contributed by atoms with Crippen molar-refractivity contribution >= 4 is 32.7 Å². The molecule has 4 amide bonds. The Kier molecular flexibility index (Phi) is 14.0. The Morgan fingerprint density at radius 2 is 1.28 bits per heavy atom. The first-order valence-electron chi connectivity index (χ1n) is 13.7. The van der Waals surface area contributed by atoms with Gasteiger partial charge in [-0.05, 0) is 54.4 Å². The number of alkyl carbamates (subject to hydrolysis) is 2. The van der Waals surface area contributed by atoms with Crippen LogP contribution in [0.2, 0.25) is 0 Å². The van der Waals surface area contributed by atoms with E-state index in [1.165, 1.54) is 15.5 Å². The first-order chi connectivity index (χ1) is 19.1. The molecule has 43 heavy (non-hydrogen) atoms. The average Bonchev–Trinajstić information content (AvgIpc) is 3.64. The van der Waals surface area contributed by atoms with E-state index in [1.807, 2.05) is 59.4 Å². The zero-order chi connectivity index (χ0) is 30.4. The number of nitrogens with zero attached hydrogens (tertiary/aromatic N) is 6. The van der Waals surface area contributed by atoms with Gasteiger partial charge in [-0.1, -0.05) is 0 Å². The van der Waals surface area contributed by atoms with Crippen molar-refractivity contribution in [3.63, 3.8) is 0 Å². The summed E-state index contributed by atoms with van der Waals surface area (Å²) in [5, 5.41) is 5.59. The standard InChI is InChI=1S/C14H22N4O3.C13H20N4O3.B.HI/c1-14(2,3)21-12(19)15-11-5-6-17(9-11)13(20)18-8-7-16(4)10-18;1-13(2,3)20-11(18)15-10-4-6-16(8-10)12(19)17-7-5-14-9-17;;/h7-8,10-11H,5-6,9H2,1-4H3;5,7,9-10H,4,6,8H2,1-3H3,(H,15,18);;1H. The zero-order valence-corrected chi connectivity index (χ0v) is 28.1. The molecule has 4 heterocycles. The predicted molar refractivity (Wildman–Crippen MR) is 154 cm³/mol. The van der Waals surface area contributed by atoms with E-state index < -0.39 is 23.4 Å². The van der Waals surface area contributed by atoms with E-state index in [0.717, 1.165) is 12.8 Å². The summed E-state index contributed by atoms with van der Waals surface area (Å²) in [6, 6.07) is -0.342. The van der Waals surface area contributed by atoms with E-state index in [-0.39, 0.29) is 56.5 Å². The van der Waals surface area contributed by atoms with E-state index >= 15 is 0 Å². The largest absolute Gasteiger partial charge is 1.00 e. The van der Waals surface area contributed by atoms with Gasteiger partial charge in [-0.2, -0.15) is 4.57 Å². The summed E-state index contributed by atoms with van der Waals surface area (Å²) in [5.74, 6) is 0. The highest BCUT2D eigenvalue weighted by molar-refractivity contribution is 5.78. The van der Waals surface area contributed by atoms with Crippen LogP contribution in [0.3, 0.4) is 0 Å². The van der Waals surface area contributed by atoms with Gasteiger partial charge in [-0.25, -0.2) is 28.7 Å². The lowest BCUT2D eigenvalue weighted by molar-refractivity contribution is -0.670.